The van der Waals surface area contributed by atoms with Gasteiger partial charge >= 0.3 is 6.18 Å². The van der Waals surface area contributed by atoms with Crippen LogP contribution in [0.1, 0.15) is 31.2 Å². The molecule has 1 aliphatic carbocycles. The van der Waals surface area contributed by atoms with Gasteiger partial charge < -0.3 is 5.73 Å². The van der Waals surface area contributed by atoms with Crippen molar-refractivity contribution >= 4 is 0 Å². The Morgan fingerprint density at radius 3 is 2.45 bits per heavy atom. The van der Waals surface area contributed by atoms with Crippen molar-refractivity contribution in [2.24, 2.45) is 17.6 Å². The Kier molecular flexibility index (Phi) is 4.68. The van der Waals surface area contributed by atoms with Crippen LogP contribution in [0.15, 0.2) is 24.3 Å². The molecule has 1 fully saturated rings. The van der Waals surface area contributed by atoms with Crippen LogP contribution in [0, 0.1) is 17.7 Å². The maximum atomic E-state index is 13.6. The summed E-state index contributed by atoms with van der Waals surface area (Å²) in [5.41, 5.74) is 6.36. The molecule has 3 atom stereocenters. The van der Waals surface area contributed by atoms with Gasteiger partial charge in [-0.15, -0.1) is 0 Å². The van der Waals surface area contributed by atoms with Gasteiger partial charge in [0.1, 0.15) is 5.82 Å². The average Bonchev–Trinajstić information content (AvgIpc) is 2.40. The van der Waals surface area contributed by atoms with Gasteiger partial charge in [0.15, 0.2) is 0 Å². The first kappa shape index (κ1) is 15.3. The quantitative estimate of drug-likeness (QED) is 0.834. The summed E-state index contributed by atoms with van der Waals surface area (Å²) < 4.78 is 52.7. The molecule has 112 valence electrons. The van der Waals surface area contributed by atoms with Gasteiger partial charge in [-0.25, -0.2) is 4.39 Å². The number of rotatable bonds is 3. The van der Waals surface area contributed by atoms with E-state index in [-0.39, 0.29) is 12.8 Å². The molecule has 2 N–H and O–H groups in total. The predicted molar refractivity (Wildman–Crippen MR) is 69.6 cm³/mol. The normalized spacial score (nSPS) is 25.4. The number of hydrogen-bond acceptors (Lipinski definition) is 1. The second-order valence-electron chi connectivity index (χ2n) is 5.56. The molecule has 1 nitrogen and oxygen atoms in total. The molecule has 5 heteroatoms. The summed E-state index contributed by atoms with van der Waals surface area (Å²) in [6, 6.07) is 5.47. The lowest BCUT2D eigenvalue weighted by atomic mass is 9.73. The summed E-state index contributed by atoms with van der Waals surface area (Å²) in [6.07, 6.45) is -2.09. The van der Waals surface area contributed by atoms with Crippen molar-refractivity contribution in [1.29, 1.82) is 0 Å². The second-order valence-corrected chi connectivity index (χ2v) is 5.56. The fourth-order valence-corrected chi connectivity index (χ4v) is 3.15. The molecule has 0 radical (unpaired) electrons. The van der Waals surface area contributed by atoms with E-state index in [1.165, 1.54) is 6.07 Å². The van der Waals surface area contributed by atoms with Crippen molar-refractivity contribution in [2.45, 2.75) is 44.3 Å². The Bertz CT molecular complexity index is 444. The molecule has 0 aromatic heterocycles. The van der Waals surface area contributed by atoms with Crippen LogP contribution in [0.25, 0.3) is 0 Å². The van der Waals surface area contributed by atoms with Crippen LogP contribution >= 0.6 is 0 Å². The molecule has 1 aromatic rings. The number of alkyl halides is 3. The van der Waals surface area contributed by atoms with Crippen molar-refractivity contribution in [3.8, 4) is 0 Å². The zero-order chi connectivity index (χ0) is 14.8. The average molecular weight is 289 g/mol. The number of hydrogen-bond donors (Lipinski definition) is 1. The molecule has 0 bridgehead atoms. The van der Waals surface area contributed by atoms with Gasteiger partial charge in [0.2, 0.25) is 0 Å². The third kappa shape index (κ3) is 3.51. The van der Waals surface area contributed by atoms with E-state index in [1.807, 2.05) is 0 Å². The van der Waals surface area contributed by atoms with E-state index in [0.717, 1.165) is 6.42 Å². The summed E-state index contributed by atoms with van der Waals surface area (Å²) in [5.74, 6) is -2.36. The molecular weight excluding hydrogens is 270 g/mol. The lowest BCUT2D eigenvalue weighted by Gasteiger charge is -2.36. The third-order valence-corrected chi connectivity index (χ3v) is 4.20. The van der Waals surface area contributed by atoms with Crippen LogP contribution in [0.5, 0.6) is 0 Å². The summed E-state index contributed by atoms with van der Waals surface area (Å²) in [5, 5.41) is 0. The van der Waals surface area contributed by atoms with Crippen LogP contribution in [0.4, 0.5) is 17.6 Å². The Morgan fingerprint density at radius 2 is 1.80 bits per heavy atom. The minimum atomic E-state index is -4.21. The molecule has 0 spiro atoms. The minimum Gasteiger partial charge on any atom is -0.327 e. The van der Waals surface area contributed by atoms with Crippen molar-refractivity contribution in [1.82, 2.24) is 0 Å². The summed E-state index contributed by atoms with van der Waals surface area (Å²) >= 11 is 0. The molecule has 1 aliphatic rings. The van der Waals surface area contributed by atoms with E-state index < -0.39 is 29.9 Å². The molecule has 1 aromatic carbocycles. The number of benzene rings is 1. The maximum absolute atomic E-state index is 13.6. The first-order chi connectivity index (χ1) is 9.39. The van der Waals surface area contributed by atoms with Gasteiger partial charge in [-0.3, -0.25) is 0 Å². The molecular formula is C15H19F4N. The molecule has 0 aliphatic heterocycles. The number of nitrogens with two attached hydrogens (primary N) is 1. The van der Waals surface area contributed by atoms with Crippen LogP contribution < -0.4 is 5.73 Å². The fraction of sp³-hybridized carbons (Fsp3) is 0.600. The molecule has 0 heterocycles. The fourth-order valence-electron chi connectivity index (χ4n) is 3.15. The van der Waals surface area contributed by atoms with E-state index >= 15 is 0 Å². The molecule has 1 saturated carbocycles. The van der Waals surface area contributed by atoms with Gasteiger partial charge in [0, 0.05) is 6.04 Å². The van der Waals surface area contributed by atoms with Gasteiger partial charge in [-0.05, 0) is 36.8 Å². The topological polar surface area (TPSA) is 26.0 Å². The standard InChI is InChI=1S/C15H19F4N/c16-13-8-4-1-5-10(13)9-14(20)11-6-2-3-7-12(11)15(17,18)19/h1,4-5,8,11-12,14H,2-3,6-7,9,20H2. The van der Waals surface area contributed by atoms with Gasteiger partial charge in [0.05, 0.1) is 5.92 Å². The van der Waals surface area contributed by atoms with Gasteiger partial charge in [-0.2, -0.15) is 13.2 Å². The molecule has 0 amide bonds. The SMILES string of the molecule is NC(Cc1ccccc1F)C1CCCCC1C(F)(F)F. The van der Waals surface area contributed by atoms with Crippen molar-refractivity contribution in [2.75, 3.05) is 0 Å². The van der Waals surface area contributed by atoms with Crippen LogP contribution in [-0.4, -0.2) is 12.2 Å². The highest BCUT2D eigenvalue weighted by Gasteiger charge is 2.47. The second kappa shape index (κ2) is 6.12. The number of halogens is 4. The highest BCUT2D eigenvalue weighted by atomic mass is 19.4. The Labute approximate surface area is 116 Å². The molecule has 20 heavy (non-hydrogen) atoms. The Morgan fingerprint density at radius 1 is 1.15 bits per heavy atom. The third-order valence-electron chi connectivity index (χ3n) is 4.20. The predicted octanol–water partition coefficient (Wildman–Crippen LogP) is 4.06. The van der Waals surface area contributed by atoms with E-state index in [1.54, 1.807) is 18.2 Å². The Hall–Kier alpha value is -1.10. The van der Waals surface area contributed by atoms with E-state index in [0.29, 0.717) is 18.4 Å². The summed E-state index contributed by atoms with van der Waals surface area (Å²) in [7, 11) is 0. The molecule has 3 unspecified atom stereocenters. The minimum absolute atomic E-state index is 0.138. The smallest absolute Gasteiger partial charge is 0.327 e. The molecule has 0 saturated heterocycles. The van der Waals surface area contributed by atoms with E-state index in [2.05, 4.69) is 0 Å². The van der Waals surface area contributed by atoms with E-state index in [9.17, 15) is 17.6 Å². The lowest BCUT2D eigenvalue weighted by molar-refractivity contribution is -0.198. The van der Waals surface area contributed by atoms with Crippen molar-refractivity contribution < 1.29 is 17.6 Å². The van der Waals surface area contributed by atoms with Gasteiger partial charge in [-0.1, -0.05) is 31.0 Å². The zero-order valence-corrected chi connectivity index (χ0v) is 11.2. The summed E-state index contributed by atoms with van der Waals surface area (Å²) in [6.45, 7) is 0. The molecule has 2 rings (SSSR count). The maximum Gasteiger partial charge on any atom is 0.392 e. The first-order valence-corrected chi connectivity index (χ1v) is 6.95. The lowest BCUT2D eigenvalue weighted by Crippen LogP contribution is -2.44. The van der Waals surface area contributed by atoms with Crippen LogP contribution in [-0.2, 0) is 6.42 Å². The first-order valence-electron chi connectivity index (χ1n) is 6.95. The monoisotopic (exact) mass is 289 g/mol. The zero-order valence-electron chi connectivity index (χ0n) is 11.2. The highest BCUT2D eigenvalue weighted by molar-refractivity contribution is 5.18. The highest BCUT2D eigenvalue weighted by Crippen LogP contribution is 2.43. The Balaban J connectivity index is 2.10. The van der Waals surface area contributed by atoms with Crippen LogP contribution in [0.2, 0.25) is 0 Å². The summed E-state index contributed by atoms with van der Waals surface area (Å²) in [4.78, 5) is 0. The van der Waals surface area contributed by atoms with Crippen LogP contribution in [0.3, 0.4) is 0 Å². The largest absolute Gasteiger partial charge is 0.392 e. The van der Waals surface area contributed by atoms with Gasteiger partial charge in [0.25, 0.3) is 0 Å². The van der Waals surface area contributed by atoms with E-state index in [4.69, 9.17) is 5.73 Å². The van der Waals surface area contributed by atoms with Crippen molar-refractivity contribution in [3.63, 3.8) is 0 Å². The van der Waals surface area contributed by atoms with Crippen molar-refractivity contribution in [3.05, 3.63) is 35.6 Å².